The number of H-pyrrole nitrogens is 1. The highest BCUT2D eigenvalue weighted by Crippen LogP contribution is 2.16. The number of carbonyl (C=O) groups is 3. The Labute approximate surface area is 139 Å². The lowest BCUT2D eigenvalue weighted by molar-refractivity contribution is -0.148. The van der Waals surface area contributed by atoms with Crippen LogP contribution >= 0.6 is 11.3 Å². The summed E-state index contributed by atoms with van der Waals surface area (Å²) in [6.45, 7) is 2.33. The molecule has 3 amide bonds. The van der Waals surface area contributed by atoms with E-state index in [1.807, 2.05) is 0 Å². The summed E-state index contributed by atoms with van der Waals surface area (Å²) in [5.74, 6) is -1.09. The van der Waals surface area contributed by atoms with Crippen molar-refractivity contribution in [2.45, 2.75) is 26.0 Å². The number of hydrogen-bond acceptors (Lipinski definition) is 7. The Balaban J connectivity index is 1.64. The fourth-order valence-electron chi connectivity index (χ4n) is 2.28. The average molecular weight is 350 g/mol. The molecular weight excluding hydrogens is 336 g/mol. The van der Waals surface area contributed by atoms with Gasteiger partial charge in [0.15, 0.2) is 0 Å². The number of esters is 1. The average Bonchev–Trinajstić information content (AvgIpc) is 3.04. The monoisotopic (exact) mass is 350 g/mol. The zero-order chi connectivity index (χ0) is 17.5. The molecule has 1 fully saturated rings. The maximum atomic E-state index is 12.0. The van der Waals surface area contributed by atoms with Gasteiger partial charge in [0.1, 0.15) is 29.2 Å². The number of fused-ring (bicyclic) bond motifs is 1. The summed E-state index contributed by atoms with van der Waals surface area (Å²) in [5.41, 5.74) is -0.837. The van der Waals surface area contributed by atoms with Crippen LogP contribution in [0.2, 0.25) is 0 Å². The first kappa shape index (κ1) is 16.1. The molecule has 1 saturated heterocycles. The highest BCUT2D eigenvalue weighted by Gasteiger charge is 2.45. The molecule has 3 rings (SSSR count). The summed E-state index contributed by atoms with van der Waals surface area (Å²) in [7, 11) is 0. The van der Waals surface area contributed by atoms with Crippen LogP contribution in [0.5, 0.6) is 0 Å². The van der Waals surface area contributed by atoms with Gasteiger partial charge < -0.3 is 15.0 Å². The van der Waals surface area contributed by atoms with E-state index in [-0.39, 0.29) is 18.0 Å². The van der Waals surface area contributed by atoms with Crippen molar-refractivity contribution in [2.75, 3.05) is 6.54 Å². The minimum absolute atomic E-state index is 0.191. The third-order valence-corrected chi connectivity index (χ3v) is 4.37. The molecule has 0 radical (unpaired) electrons. The maximum absolute atomic E-state index is 12.0. The number of rotatable bonds is 4. The van der Waals surface area contributed by atoms with Crippen molar-refractivity contribution in [2.24, 2.45) is 0 Å². The SMILES string of the molecule is CC1(C)NC(=O)N(CC(=O)OCc2nc3ccsc3c(=O)[nH]2)C1=O. The molecule has 24 heavy (non-hydrogen) atoms. The zero-order valence-corrected chi connectivity index (χ0v) is 13.7. The molecule has 9 nitrogen and oxygen atoms in total. The molecule has 1 aliphatic rings. The number of ether oxygens (including phenoxy) is 1. The molecule has 0 saturated carbocycles. The van der Waals surface area contributed by atoms with Crippen molar-refractivity contribution in [3.8, 4) is 0 Å². The molecule has 3 heterocycles. The lowest BCUT2D eigenvalue weighted by Gasteiger charge is -2.15. The summed E-state index contributed by atoms with van der Waals surface area (Å²) < 4.78 is 5.49. The van der Waals surface area contributed by atoms with Crippen LogP contribution in [0.1, 0.15) is 19.7 Å². The van der Waals surface area contributed by atoms with Gasteiger partial charge >= 0.3 is 12.0 Å². The Morgan fingerprint density at radius 2 is 2.12 bits per heavy atom. The molecule has 10 heteroatoms. The second-order valence-corrected chi connectivity index (χ2v) is 6.67. The summed E-state index contributed by atoms with van der Waals surface area (Å²) in [5, 5.41) is 4.21. The van der Waals surface area contributed by atoms with Gasteiger partial charge in [0.05, 0.1) is 5.52 Å². The van der Waals surface area contributed by atoms with E-state index >= 15 is 0 Å². The van der Waals surface area contributed by atoms with E-state index in [1.54, 1.807) is 25.3 Å². The first-order valence-corrected chi connectivity index (χ1v) is 7.92. The van der Waals surface area contributed by atoms with E-state index in [1.165, 1.54) is 11.3 Å². The third kappa shape index (κ3) is 2.87. The van der Waals surface area contributed by atoms with Crippen molar-refractivity contribution in [1.29, 1.82) is 0 Å². The fourth-order valence-corrected chi connectivity index (χ4v) is 3.00. The predicted octanol–water partition coefficient (Wildman–Crippen LogP) is 0.358. The van der Waals surface area contributed by atoms with Crippen molar-refractivity contribution in [3.63, 3.8) is 0 Å². The van der Waals surface area contributed by atoms with Crippen LogP contribution < -0.4 is 10.9 Å². The molecule has 0 atom stereocenters. The largest absolute Gasteiger partial charge is 0.456 e. The van der Waals surface area contributed by atoms with Crippen LogP contribution in [0.25, 0.3) is 10.2 Å². The van der Waals surface area contributed by atoms with Gasteiger partial charge in [-0.2, -0.15) is 0 Å². The van der Waals surface area contributed by atoms with Crippen LogP contribution in [-0.4, -0.2) is 44.9 Å². The van der Waals surface area contributed by atoms with Crippen molar-refractivity contribution >= 4 is 39.5 Å². The number of hydrogen-bond donors (Lipinski definition) is 2. The topological polar surface area (TPSA) is 121 Å². The number of nitrogens with one attached hydrogen (secondary N) is 2. The van der Waals surface area contributed by atoms with Crippen molar-refractivity contribution in [1.82, 2.24) is 20.2 Å². The molecule has 2 N–H and O–H groups in total. The highest BCUT2D eigenvalue weighted by molar-refractivity contribution is 7.17. The minimum Gasteiger partial charge on any atom is -0.456 e. The standard InChI is InChI=1S/C14H14N4O5S/c1-14(2)12(21)18(13(22)17-14)5-9(19)23-6-8-15-7-3-4-24-10(7)11(20)16-8/h3-4H,5-6H2,1-2H3,(H,17,22)(H,15,16,20). The van der Waals surface area contributed by atoms with Crippen LogP contribution in [0.15, 0.2) is 16.2 Å². The minimum atomic E-state index is -1.05. The van der Waals surface area contributed by atoms with Gasteiger partial charge in [0.2, 0.25) is 0 Å². The zero-order valence-electron chi connectivity index (χ0n) is 12.9. The van der Waals surface area contributed by atoms with E-state index in [2.05, 4.69) is 15.3 Å². The van der Waals surface area contributed by atoms with Gasteiger partial charge in [-0.25, -0.2) is 9.78 Å². The van der Waals surface area contributed by atoms with Crippen molar-refractivity contribution in [3.05, 3.63) is 27.6 Å². The first-order chi connectivity index (χ1) is 11.3. The molecule has 0 aromatic carbocycles. The van der Waals surface area contributed by atoms with Crippen LogP contribution in [-0.2, 0) is 20.9 Å². The summed E-state index contributed by atoms with van der Waals surface area (Å²) in [6, 6.07) is 1.05. The number of thiophene rings is 1. The van der Waals surface area contributed by atoms with E-state index in [9.17, 15) is 19.2 Å². The number of carbonyl (C=O) groups excluding carboxylic acids is 3. The number of amides is 3. The molecule has 1 aliphatic heterocycles. The molecule has 0 aliphatic carbocycles. The summed E-state index contributed by atoms with van der Waals surface area (Å²) in [6.07, 6.45) is 0. The van der Waals surface area contributed by atoms with E-state index in [0.717, 1.165) is 4.90 Å². The highest BCUT2D eigenvalue weighted by atomic mass is 32.1. The van der Waals surface area contributed by atoms with Crippen LogP contribution in [0.3, 0.4) is 0 Å². The van der Waals surface area contributed by atoms with Gasteiger partial charge in [-0.05, 0) is 25.3 Å². The number of imide groups is 1. The lowest BCUT2D eigenvalue weighted by Crippen LogP contribution is -2.41. The van der Waals surface area contributed by atoms with Gasteiger partial charge in [0.25, 0.3) is 11.5 Å². The summed E-state index contributed by atoms with van der Waals surface area (Å²) in [4.78, 5) is 54.8. The smallest absolute Gasteiger partial charge is 0.326 e. The Morgan fingerprint density at radius 1 is 1.38 bits per heavy atom. The normalized spacial score (nSPS) is 16.5. The quantitative estimate of drug-likeness (QED) is 0.606. The molecule has 2 aromatic heterocycles. The Morgan fingerprint density at radius 3 is 2.79 bits per heavy atom. The van der Waals surface area contributed by atoms with Gasteiger partial charge in [-0.3, -0.25) is 19.3 Å². The van der Waals surface area contributed by atoms with E-state index in [4.69, 9.17) is 4.74 Å². The predicted molar refractivity (Wildman–Crippen MR) is 84.4 cm³/mol. The van der Waals surface area contributed by atoms with Crippen molar-refractivity contribution < 1.29 is 19.1 Å². The van der Waals surface area contributed by atoms with Gasteiger partial charge in [-0.15, -0.1) is 11.3 Å². The second kappa shape index (κ2) is 5.71. The van der Waals surface area contributed by atoms with Gasteiger partial charge in [0, 0.05) is 0 Å². The molecule has 0 bridgehead atoms. The molecule has 0 spiro atoms. The fraction of sp³-hybridized carbons (Fsp3) is 0.357. The maximum Gasteiger partial charge on any atom is 0.326 e. The van der Waals surface area contributed by atoms with Crippen LogP contribution in [0.4, 0.5) is 4.79 Å². The number of urea groups is 1. The number of nitrogens with zero attached hydrogens (tertiary/aromatic N) is 2. The van der Waals surface area contributed by atoms with Crippen LogP contribution in [0, 0.1) is 0 Å². The molecular formula is C14H14N4O5S. The second-order valence-electron chi connectivity index (χ2n) is 5.75. The Hall–Kier alpha value is -2.75. The van der Waals surface area contributed by atoms with E-state index in [0.29, 0.717) is 10.2 Å². The summed E-state index contributed by atoms with van der Waals surface area (Å²) >= 11 is 1.27. The molecule has 0 unspecified atom stereocenters. The third-order valence-electron chi connectivity index (χ3n) is 3.47. The van der Waals surface area contributed by atoms with E-state index < -0.39 is 30.0 Å². The Bertz CT molecular complexity index is 900. The lowest BCUT2D eigenvalue weighted by atomic mass is 10.1. The number of aromatic amines is 1. The van der Waals surface area contributed by atoms with Gasteiger partial charge in [-0.1, -0.05) is 0 Å². The first-order valence-electron chi connectivity index (χ1n) is 7.04. The molecule has 2 aromatic rings. The Kier molecular flexibility index (Phi) is 3.84. The molecule has 126 valence electrons. The number of aromatic nitrogens is 2.